The van der Waals surface area contributed by atoms with Crippen molar-refractivity contribution in [2.75, 3.05) is 7.11 Å². The third-order valence-corrected chi connectivity index (χ3v) is 0.591. The van der Waals surface area contributed by atoms with Crippen molar-refractivity contribution in [1.29, 1.82) is 0 Å². The van der Waals surface area contributed by atoms with Gasteiger partial charge in [-0.05, 0) is 0 Å². The third-order valence-electron chi connectivity index (χ3n) is 0.591. The molecule has 50 valence electrons. The minimum Gasteiger partial charge on any atom is -0.345 e. The van der Waals surface area contributed by atoms with Gasteiger partial charge in [0, 0.05) is 0 Å². The predicted octanol–water partition coefficient (Wildman–Crippen LogP) is 1.31. The van der Waals surface area contributed by atoms with E-state index in [1.807, 2.05) is 20.8 Å². The summed E-state index contributed by atoms with van der Waals surface area (Å²) in [6, 6.07) is 0. The fourth-order valence-electron chi connectivity index (χ4n) is 0.264. The van der Waals surface area contributed by atoms with Crippen molar-refractivity contribution in [1.82, 2.24) is 0 Å². The molecule has 9 heavy (non-hydrogen) atoms. The van der Waals surface area contributed by atoms with E-state index in [2.05, 4.69) is 22.6 Å². The summed E-state index contributed by atoms with van der Waals surface area (Å²) in [6.07, 6.45) is 2.44. The van der Waals surface area contributed by atoms with Gasteiger partial charge in [-0.3, -0.25) is 0 Å². The van der Waals surface area contributed by atoms with E-state index in [-0.39, 0.29) is 5.41 Å². The molecule has 0 rings (SSSR count). The van der Waals surface area contributed by atoms with Gasteiger partial charge in [0.05, 0.1) is 0 Å². The Labute approximate surface area is 56.8 Å². The second-order valence-corrected chi connectivity index (χ2v) is 2.81. The van der Waals surface area contributed by atoms with Crippen LogP contribution >= 0.6 is 0 Å². The fourth-order valence-corrected chi connectivity index (χ4v) is 0.264. The molecule has 0 radical (unpaired) electrons. The summed E-state index contributed by atoms with van der Waals surface area (Å²) in [5.41, 5.74) is 0.0472. The number of hydrogen-bond donors (Lipinski definition) is 0. The summed E-state index contributed by atoms with van der Waals surface area (Å²) >= 11 is 0. The van der Waals surface area contributed by atoms with Crippen LogP contribution in [0.1, 0.15) is 20.8 Å². The standard InChI is InChI=1S/C8H12O/c1-8(2,3)6-5-7-9-4/h1-4H3. The highest BCUT2D eigenvalue weighted by molar-refractivity contribution is 5.73. The summed E-state index contributed by atoms with van der Waals surface area (Å²) in [5, 5.41) is 0. The first-order chi connectivity index (χ1) is 4.06. The van der Waals surface area contributed by atoms with Crippen LogP contribution in [0.15, 0.2) is 0 Å². The van der Waals surface area contributed by atoms with Gasteiger partial charge in [0.1, 0.15) is 0 Å². The van der Waals surface area contributed by atoms with Crippen LogP contribution in [0, 0.1) is 17.3 Å². The van der Waals surface area contributed by atoms with Gasteiger partial charge in [0.15, 0.2) is 0 Å². The van der Waals surface area contributed by atoms with Gasteiger partial charge in [-0.2, -0.15) is 5.92 Å². The maximum atomic E-state index is 4.51. The first-order valence-electron chi connectivity index (χ1n) is 2.86. The molecule has 0 bridgehead atoms. The Bertz CT molecular complexity index is 150. The van der Waals surface area contributed by atoms with Crippen molar-refractivity contribution in [2.24, 2.45) is 5.41 Å². The Morgan fingerprint density at radius 3 is 2.22 bits per heavy atom. The molecule has 0 aromatic rings. The Morgan fingerprint density at radius 2 is 1.89 bits per heavy atom. The van der Waals surface area contributed by atoms with E-state index < -0.39 is 0 Å². The van der Waals surface area contributed by atoms with Crippen LogP contribution in [0.2, 0.25) is 0 Å². The molecule has 0 saturated heterocycles. The molecule has 0 aromatic carbocycles. The summed E-state index contributed by atoms with van der Waals surface area (Å²) in [7, 11) is 1.54. The van der Waals surface area contributed by atoms with E-state index in [1.54, 1.807) is 0 Å². The average molecular weight is 124 g/mol. The summed E-state index contributed by atoms with van der Waals surface area (Å²) in [5.74, 6) is 5.59. The van der Waals surface area contributed by atoms with Crippen LogP contribution in [0.5, 0.6) is 0 Å². The fraction of sp³-hybridized carbons (Fsp3) is 0.625. The maximum Gasteiger partial charge on any atom is 0.272 e. The Hall–Kier alpha value is -0.770. The highest BCUT2D eigenvalue weighted by Gasteiger charge is 1.94. The van der Waals surface area contributed by atoms with Gasteiger partial charge in [-0.15, -0.1) is 0 Å². The Balaban J connectivity index is 3.88. The zero-order valence-corrected chi connectivity index (χ0v) is 6.41. The third kappa shape index (κ3) is 7.23. The van der Waals surface area contributed by atoms with E-state index in [0.29, 0.717) is 0 Å². The summed E-state index contributed by atoms with van der Waals surface area (Å²) in [4.78, 5) is 0. The molecule has 1 nitrogen and oxygen atoms in total. The quantitative estimate of drug-likeness (QED) is 0.262. The van der Waals surface area contributed by atoms with Crippen LogP contribution in [-0.2, 0) is 4.42 Å². The van der Waals surface area contributed by atoms with E-state index in [4.69, 9.17) is 0 Å². The van der Waals surface area contributed by atoms with Crippen molar-refractivity contribution in [2.45, 2.75) is 20.8 Å². The normalized spacial score (nSPS) is 11.1. The second-order valence-electron chi connectivity index (χ2n) is 2.81. The zero-order valence-electron chi connectivity index (χ0n) is 6.41. The number of rotatable bonds is 0. The first kappa shape index (κ1) is 8.23. The van der Waals surface area contributed by atoms with Crippen LogP contribution in [0.3, 0.4) is 0 Å². The Kier molecular flexibility index (Phi) is 3.01. The minimum atomic E-state index is 0.0472. The number of hydrogen-bond acceptors (Lipinski definition) is 0. The largest absolute Gasteiger partial charge is 0.345 e. The monoisotopic (exact) mass is 124 g/mol. The molecule has 0 aliphatic carbocycles. The molecule has 0 unspecified atom stereocenters. The lowest BCUT2D eigenvalue weighted by Crippen LogP contribution is -1.99. The Morgan fingerprint density at radius 1 is 1.33 bits per heavy atom. The molecule has 0 saturated carbocycles. The SMILES string of the molecule is C[O+]=[C-]C#CC(C)(C)C. The molecule has 0 atom stereocenters. The highest BCUT2D eigenvalue weighted by atomic mass is 16.4. The first-order valence-corrected chi connectivity index (χ1v) is 2.86. The van der Waals surface area contributed by atoms with Crippen molar-refractivity contribution in [3.8, 4) is 11.8 Å². The van der Waals surface area contributed by atoms with E-state index in [0.717, 1.165) is 0 Å². The van der Waals surface area contributed by atoms with E-state index in [1.165, 1.54) is 7.11 Å². The molecule has 0 spiro atoms. The summed E-state index contributed by atoms with van der Waals surface area (Å²) in [6.45, 7) is 6.12. The smallest absolute Gasteiger partial charge is 0.272 e. The molecule has 0 N–H and O–H groups in total. The molecule has 1 heteroatoms. The van der Waals surface area contributed by atoms with Crippen molar-refractivity contribution >= 4 is 6.29 Å². The lowest BCUT2D eigenvalue weighted by atomic mass is 9.98. The van der Waals surface area contributed by atoms with Crippen molar-refractivity contribution in [3.05, 3.63) is 0 Å². The van der Waals surface area contributed by atoms with Gasteiger partial charge < -0.3 is 10.3 Å². The molecular weight excluding hydrogens is 112 g/mol. The van der Waals surface area contributed by atoms with Gasteiger partial charge >= 0.3 is 0 Å². The van der Waals surface area contributed by atoms with Gasteiger partial charge in [-0.1, -0.05) is 26.2 Å². The van der Waals surface area contributed by atoms with Crippen molar-refractivity contribution in [3.63, 3.8) is 0 Å². The van der Waals surface area contributed by atoms with Crippen LogP contribution < -0.4 is 0 Å². The molecule has 0 aliphatic rings. The van der Waals surface area contributed by atoms with Gasteiger partial charge in [-0.25, -0.2) is 0 Å². The van der Waals surface area contributed by atoms with E-state index >= 15 is 0 Å². The van der Waals surface area contributed by atoms with E-state index in [9.17, 15) is 0 Å². The maximum absolute atomic E-state index is 4.51. The molecule has 0 aliphatic heterocycles. The summed E-state index contributed by atoms with van der Waals surface area (Å²) < 4.78 is 4.51. The van der Waals surface area contributed by atoms with Crippen LogP contribution in [0.25, 0.3) is 0 Å². The zero-order chi connectivity index (χ0) is 7.33. The molecule has 0 heterocycles. The lowest BCUT2D eigenvalue weighted by Gasteiger charge is -2.14. The molecule has 0 aromatic heterocycles. The predicted molar refractivity (Wildman–Crippen MR) is 38.8 cm³/mol. The second kappa shape index (κ2) is 3.29. The van der Waals surface area contributed by atoms with Crippen LogP contribution in [-0.4, -0.2) is 13.4 Å². The molecular formula is C8H12O. The molecule has 0 fully saturated rings. The van der Waals surface area contributed by atoms with Gasteiger partial charge in [0.25, 0.3) is 6.29 Å². The lowest BCUT2D eigenvalue weighted by molar-refractivity contribution is 0.187. The topological polar surface area (TPSA) is 11.3 Å². The number of carbonyl (C=O) groups excluding carboxylic acids is 1. The molecule has 0 amide bonds. The minimum absolute atomic E-state index is 0.0472. The van der Waals surface area contributed by atoms with Crippen LogP contribution in [0.4, 0.5) is 0 Å². The average Bonchev–Trinajstić information content (AvgIpc) is 1.63. The van der Waals surface area contributed by atoms with Gasteiger partial charge in [0.2, 0.25) is 7.11 Å². The van der Waals surface area contributed by atoms with Crippen molar-refractivity contribution < 1.29 is 4.42 Å². The highest BCUT2D eigenvalue weighted by Crippen LogP contribution is 2.08.